The number of thioether (sulfide) groups is 1. The second-order valence-electron chi connectivity index (χ2n) is 5.85. The van der Waals surface area contributed by atoms with Crippen molar-refractivity contribution < 1.29 is 18.7 Å². The standard InChI is InChI=1S/C19H14N4O4S/c1-11(17(24)21-14-5-3-2-4-13(14)9-20)28-19-23-22-18(27-19)12-6-7-15-16(8-12)26-10-25-15/h2-8,11H,10H2,1H3,(H,21,24)/t11-/m0/s1. The molecule has 0 saturated heterocycles. The van der Waals surface area contributed by atoms with Crippen molar-refractivity contribution in [3.8, 4) is 29.0 Å². The average Bonchev–Trinajstić information content (AvgIpc) is 3.37. The fraction of sp³-hybridized carbons (Fsp3) is 0.158. The van der Waals surface area contributed by atoms with Crippen LogP contribution < -0.4 is 14.8 Å². The van der Waals surface area contributed by atoms with E-state index in [4.69, 9.17) is 19.2 Å². The summed E-state index contributed by atoms with van der Waals surface area (Å²) in [4.78, 5) is 12.4. The Morgan fingerprint density at radius 3 is 2.89 bits per heavy atom. The third-order valence-electron chi connectivity index (χ3n) is 3.98. The third-order valence-corrected chi connectivity index (χ3v) is 4.91. The zero-order chi connectivity index (χ0) is 19.5. The Hall–Kier alpha value is -3.51. The molecule has 1 atom stereocenters. The van der Waals surface area contributed by atoms with E-state index < -0.39 is 5.25 Å². The average molecular weight is 394 g/mol. The summed E-state index contributed by atoms with van der Waals surface area (Å²) in [6, 6.07) is 14.2. The minimum atomic E-state index is -0.503. The van der Waals surface area contributed by atoms with Crippen LogP contribution in [-0.4, -0.2) is 28.1 Å². The van der Waals surface area contributed by atoms with Crippen molar-refractivity contribution in [3.63, 3.8) is 0 Å². The molecule has 9 heteroatoms. The summed E-state index contributed by atoms with van der Waals surface area (Å²) < 4.78 is 16.3. The lowest BCUT2D eigenvalue weighted by Crippen LogP contribution is -2.22. The lowest BCUT2D eigenvalue weighted by molar-refractivity contribution is -0.115. The summed E-state index contributed by atoms with van der Waals surface area (Å²) in [6.45, 7) is 1.91. The Balaban J connectivity index is 1.43. The molecule has 1 aliphatic rings. The van der Waals surface area contributed by atoms with Crippen LogP contribution in [0.2, 0.25) is 0 Å². The highest BCUT2D eigenvalue weighted by atomic mass is 32.2. The number of benzene rings is 2. The molecule has 1 N–H and O–H groups in total. The first kappa shape index (κ1) is 17.9. The molecule has 0 bridgehead atoms. The van der Waals surface area contributed by atoms with Crippen molar-refractivity contribution >= 4 is 23.4 Å². The van der Waals surface area contributed by atoms with Crippen LogP contribution in [0.5, 0.6) is 11.5 Å². The summed E-state index contributed by atoms with van der Waals surface area (Å²) in [6.07, 6.45) is 0. The van der Waals surface area contributed by atoms with E-state index in [0.29, 0.717) is 34.2 Å². The normalized spacial score (nSPS) is 13.0. The molecule has 0 saturated carbocycles. The molecule has 0 spiro atoms. The number of aromatic nitrogens is 2. The highest BCUT2D eigenvalue weighted by molar-refractivity contribution is 8.00. The van der Waals surface area contributed by atoms with Crippen LogP contribution in [0.4, 0.5) is 5.69 Å². The maximum atomic E-state index is 12.4. The van der Waals surface area contributed by atoms with Crippen molar-refractivity contribution in [1.29, 1.82) is 5.26 Å². The molecule has 0 fully saturated rings. The van der Waals surface area contributed by atoms with Gasteiger partial charge >= 0.3 is 0 Å². The number of ether oxygens (including phenoxy) is 2. The molecule has 4 rings (SSSR count). The summed E-state index contributed by atoms with van der Waals surface area (Å²) in [5.41, 5.74) is 1.56. The number of carbonyl (C=O) groups excluding carboxylic acids is 1. The van der Waals surface area contributed by atoms with Crippen LogP contribution in [0.1, 0.15) is 12.5 Å². The van der Waals surface area contributed by atoms with E-state index in [1.807, 2.05) is 6.07 Å². The molecule has 3 aromatic rings. The molecule has 2 aromatic carbocycles. The summed E-state index contributed by atoms with van der Waals surface area (Å²) >= 11 is 1.13. The molecule has 1 aromatic heterocycles. The number of anilines is 1. The van der Waals surface area contributed by atoms with Crippen LogP contribution in [0.3, 0.4) is 0 Å². The zero-order valence-electron chi connectivity index (χ0n) is 14.7. The number of hydrogen-bond donors (Lipinski definition) is 1. The fourth-order valence-corrected chi connectivity index (χ4v) is 3.22. The largest absolute Gasteiger partial charge is 0.454 e. The second-order valence-corrected chi connectivity index (χ2v) is 7.14. The molecule has 0 radical (unpaired) electrons. The quantitative estimate of drug-likeness (QED) is 0.655. The lowest BCUT2D eigenvalue weighted by atomic mass is 10.2. The van der Waals surface area contributed by atoms with Crippen molar-refractivity contribution in [2.45, 2.75) is 17.4 Å². The fourth-order valence-electron chi connectivity index (χ4n) is 2.53. The minimum absolute atomic E-state index is 0.186. The SMILES string of the molecule is C[C@H](Sc1nnc(-c2ccc3c(c2)OCO3)o1)C(=O)Nc1ccccc1C#N. The second kappa shape index (κ2) is 7.62. The van der Waals surface area contributed by atoms with Crippen LogP contribution >= 0.6 is 11.8 Å². The van der Waals surface area contributed by atoms with Gasteiger partial charge in [0.1, 0.15) is 6.07 Å². The Morgan fingerprint density at radius 2 is 2.04 bits per heavy atom. The van der Waals surface area contributed by atoms with Crippen LogP contribution in [-0.2, 0) is 4.79 Å². The zero-order valence-corrected chi connectivity index (χ0v) is 15.5. The predicted octanol–water partition coefficient (Wildman–Crippen LogP) is 3.46. The predicted molar refractivity (Wildman–Crippen MR) is 101 cm³/mol. The Bertz CT molecular complexity index is 1080. The Morgan fingerprint density at radius 1 is 1.21 bits per heavy atom. The molecule has 8 nitrogen and oxygen atoms in total. The first-order valence-corrected chi connectivity index (χ1v) is 9.22. The topological polar surface area (TPSA) is 110 Å². The number of fused-ring (bicyclic) bond motifs is 1. The number of nitrogens with zero attached hydrogens (tertiary/aromatic N) is 3. The number of para-hydroxylation sites is 1. The number of carbonyl (C=O) groups is 1. The van der Waals surface area contributed by atoms with Gasteiger partial charge in [0.15, 0.2) is 11.5 Å². The first-order chi connectivity index (χ1) is 13.6. The van der Waals surface area contributed by atoms with E-state index in [0.717, 1.165) is 11.8 Å². The van der Waals surface area contributed by atoms with Gasteiger partial charge in [-0.3, -0.25) is 4.79 Å². The smallest absolute Gasteiger partial charge is 0.277 e. The third kappa shape index (κ3) is 3.63. The van der Waals surface area contributed by atoms with Crippen molar-refractivity contribution in [1.82, 2.24) is 10.2 Å². The highest BCUT2D eigenvalue weighted by Crippen LogP contribution is 2.36. The number of hydrogen-bond acceptors (Lipinski definition) is 8. The van der Waals surface area contributed by atoms with Crippen LogP contribution in [0, 0.1) is 11.3 Å². The molecule has 1 amide bonds. The van der Waals surface area contributed by atoms with Gasteiger partial charge in [-0.1, -0.05) is 23.9 Å². The van der Waals surface area contributed by atoms with E-state index in [9.17, 15) is 4.79 Å². The Kier molecular flexibility index (Phi) is 4.87. The van der Waals surface area contributed by atoms with Crippen molar-refractivity contribution in [2.24, 2.45) is 0 Å². The van der Waals surface area contributed by atoms with Gasteiger partial charge in [-0.2, -0.15) is 5.26 Å². The van der Waals surface area contributed by atoms with Crippen LogP contribution in [0.15, 0.2) is 52.1 Å². The molecule has 0 unspecified atom stereocenters. The molecule has 1 aliphatic heterocycles. The summed E-state index contributed by atoms with van der Waals surface area (Å²) in [5.74, 6) is 1.34. The molecular weight excluding hydrogens is 380 g/mol. The molecule has 0 aliphatic carbocycles. The summed E-state index contributed by atoms with van der Waals surface area (Å²) in [5, 5.41) is 19.6. The summed E-state index contributed by atoms with van der Waals surface area (Å²) in [7, 11) is 0. The molecule has 140 valence electrons. The van der Waals surface area contributed by atoms with E-state index in [1.165, 1.54) is 0 Å². The molecule has 28 heavy (non-hydrogen) atoms. The van der Waals surface area contributed by atoms with Gasteiger partial charge in [0.2, 0.25) is 18.6 Å². The number of amides is 1. The maximum absolute atomic E-state index is 12.4. The van der Waals surface area contributed by atoms with E-state index in [2.05, 4.69) is 15.5 Å². The van der Waals surface area contributed by atoms with Gasteiger partial charge in [-0.15, -0.1) is 10.2 Å². The number of nitriles is 1. The number of rotatable bonds is 5. The van der Waals surface area contributed by atoms with Gasteiger partial charge in [0.05, 0.1) is 16.5 Å². The molecule has 2 heterocycles. The number of nitrogens with one attached hydrogen (secondary N) is 1. The van der Waals surface area contributed by atoms with Gasteiger partial charge in [-0.05, 0) is 37.3 Å². The molecular formula is C19H14N4O4S. The van der Waals surface area contributed by atoms with E-state index in [1.54, 1.807) is 49.4 Å². The monoisotopic (exact) mass is 394 g/mol. The maximum Gasteiger partial charge on any atom is 0.277 e. The van der Waals surface area contributed by atoms with E-state index >= 15 is 0 Å². The lowest BCUT2D eigenvalue weighted by Gasteiger charge is -2.10. The van der Waals surface area contributed by atoms with Gasteiger partial charge in [-0.25, -0.2) is 0 Å². The first-order valence-electron chi connectivity index (χ1n) is 8.34. The van der Waals surface area contributed by atoms with Crippen LogP contribution in [0.25, 0.3) is 11.5 Å². The highest BCUT2D eigenvalue weighted by Gasteiger charge is 2.21. The minimum Gasteiger partial charge on any atom is -0.454 e. The van der Waals surface area contributed by atoms with Gasteiger partial charge in [0.25, 0.3) is 5.22 Å². The Labute approximate surface area is 164 Å². The van der Waals surface area contributed by atoms with Crippen molar-refractivity contribution in [3.05, 3.63) is 48.0 Å². The van der Waals surface area contributed by atoms with Gasteiger partial charge in [0, 0.05) is 5.56 Å². The van der Waals surface area contributed by atoms with Crippen molar-refractivity contribution in [2.75, 3.05) is 12.1 Å². The van der Waals surface area contributed by atoms with E-state index in [-0.39, 0.29) is 17.9 Å². The van der Waals surface area contributed by atoms with Gasteiger partial charge < -0.3 is 19.2 Å².